The van der Waals surface area contributed by atoms with Crippen LogP contribution in [0.25, 0.3) is 11.1 Å². The first-order valence-corrected chi connectivity index (χ1v) is 18.8. The van der Waals surface area contributed by atoms with Crippen molar-refractivity contribution in [3.63, 3.8) is 0 Å². The van der Waals surface area contributed by atoms with Crippen molar-refractivity contribution in [2.75, 3.05) is 7.11 Å². The van der Waals surface area contributed by atoms with Crippen molar-refractivity contribution in [1.82, 2.24) is 0 Å². The number of nitrogens with zero attached hydrogens (tertiary/aromatic N) is 1. The Labute approximate surface area is 289 Å². The molecule has 0 unspecified atom stereocenters. The van der Waals surface area contributed by atoms with Crippen molar-refractivity contribution < 1.29 is 9.47 Å². The van der Waals surface area contributed by atoms with E-state index in [-0.39, 0.29) is 16.0 Å². The Hall–Kier alpha value is -2.75. The van der Waals surface area contributed by atoms with Crippen LogP contribution in [-0.2, 0) is 10.8 Å². The fourth-order valence-electron chi connectivity index (χ4n) is 12.4. The molecule has 8 saturated carbocycles. The highest BCUT2D eigenvalue weighted by Crippen LogP contribution is 2.65. The number of halogens is 2. The van der Waals surface area contributed by atoms with Crippen molar-refractivity contribution in [2.24, 2.45) is 40.5 Å². The highest BCUT2D eigenvalue weighted by Gasteiger charge is 2.55. The topological polar surface area (TPSA) is 30.8 Å². The fraction of sp³-hybridized carbons (Fsp3) is 0.500. The van der Waals surface area contributed by atoms with Crippen molar-refractivity contribution in [1.29, 1.82) is 0 Å². The van der Waals surface area contributed by atoms with Crippen LogP contribution < -0.4 is 9.47 Å². The summed E-state index contributed by atoms with van der Waals surface area (Å²) in [6.07, 6.45) is 18.3. The Morgan fingerprint density at radius 2 is 1.26 bits per heavy atom. The molecule has 0 spiro atoms. The number of para-hydroxylation sites is 2. The normalized spacial score (nSPS) is 35.2. The van der Waals surface area contributed by atoms with Gasteiger partial charge in [0.1, 0.15) is 11.5 Å². The molecular formula is C42H45Cl2NO2. The Bertz CT molecular complexity index is 1690. The van der Waals surface area contributed by atoms with Crippen LogP contribution in [0, 0.1) is 35.5 Å². The number of rotatable bonds is 8. The van der Waals surface area contributed by atoms with Crippen LogP contribution in [0.4, 0.5) is 5.69 Å². The molecule has 0 amide bonds. The summed E-state index contributed by atoms with van der Waals surface area (Å²) >= 11 is 12.8. The van der Waals surface area contributed by atoms with Gasteiger partial charge in [-0.25, -0.2) is 0 Å². The van der Waals surface area contributed by atoms with Gasteiger partial charge in [-0.05, 0) is 159 Å². The molecule has 8 aliphatic rings. The third-order valence-corrected chi connectivity index (χ3v) is 13.8. The van der Waals surface area contributed by atoms with Crippen molar-refractivity contribution in [3.05, 3.63) is 88.1 Å². The average molecular weight is 667 g/mol. The minimum Gasteiger partial charge on any atom is -0.496 e. The molecular weight excluding hydrogens is 621 g/mol. The van der Waals surface area contributed by atoms with Crippen LogP contribution in [-0.4, -0.2) is 13.3 Å². The standard InChI is InChI=1S/C42H45Cl2NO2/c1-46-38-9-5-3-7-35(38)34-6-2-4-8-37(34)45-25-32-16-33(41-18-26-10-27(19-41)12-28(11-26)20-41)17-36(40(32)47-39(44)24-43)42-21-29-13-30(22-42)15-31(14-29)23-42/h2-9,16-17,24-31H,10-15,18-23H2,1H3/b39-24+,45-25+. The molecule has 3 nitrogen and oxygen atoms in total. The van der Waals surface area contributed by atoms with Crippen LogP contribution >= 0.6 is 23.2 Å². The van der Waals surface area contributed by atoms with Crippen LogP contribution in [0.15, 0.2) is 76.4 Å². The third-order valence-electron chi connectivity index (χ3n) is 13.3. The van der Waals surface area contributed by atoms with Gasteiger partial charge in [-0.15, -0.1) is 0 Å². The predicted octanol–water partition coefficient (Wildman–Crippen LogP) is 11.7. The number of aliphatic imine (C=N–C) groups is 1. The minimum atomic E-state index is 0.129. The molecule has 0 aliphatic heterocycles. The molecule has 0 aromatic heterocycles. The molecule has 5 heteroatoms. The van der Waals surface area contributed by atoms with Gasteiger partial charge in [0.2, 0.25) is 5.22 Å². The number of benzene rings is 3. The van der Waals surface area contributed by atoms with Crippen molar-refractivity contribution >= 4 is 35.1 Å². The zero-order valence-electron chi connectivity index (χ0n) is 27.4. The lowest BCUT2D eigenvalue weighted by molar-refractivity contribution is -0.00893. The van der Waals surface area contributed by atoms with E-state index < -0.39 is 0 Å². The molecule has 0 heterocycles. The van der Waals surface area contributed by atoms with Crippen LogP contribution in [0.5, 0.6) is 11.5 Å². The van der Waals surface area contributed by atoms with E-state index in [9.17, 15) is 0 Å². The lowest BCUT2D eigenvalue weighted by atomic mass is 9.46. The molecule has 3 aromatic carbocycles. The second-order valence-corrected chi connectivity index (χ2v) is 16.9. The molecule has 8 fully saturated rings. The Kier molecular flexibility index (Phi) is 7.54. The van der Waals surface area contributed by atoms with Gasteiger partial charge in [0, 0.05) is 28.5 Å². The summed E-state index contributed by atoms with van der Waals surface area (Å²) in [6, 6.07) is 21.6. The van der Waals surface area contributed by atoms with E-state index in [1.165, 1.54) is 93.7 Å². The predicted molar refractivity (Wildman–Crippen MR) is 192 cm³/mol. The molecule has 0 radical (unpaired) electrons. The summed E-state index contributed by atoms with van der Waals surface area (Å²) in [5.74, 6) is 6.78. The van der Waals surface area contributed by atoms with Crippen LogP contribution in [0.3, 0.4) is 0 Å². The average Bonchev–Trinajstić information content (AvgIpc) is 3.06. The van der Waals surface area contributed by atoms with Gasteiger partial charge >= 0.3 is 0 Å². The number of methoxy groups -OCH3 is 1. The summed E-state index contributed by atoms with van der Waals surface area (Å²) in [7, 11) is 1.73. The molecule has 0 atom stereocenters. The monoisotopic (exact) mass is 665 g/mol. The fourth-order valence-corrected chi connectivity index (χ4v) is 12.5. The molecule has 11 rings (SSSR count). The van der Waals surface area contributed by atoms with E-state index in [1.54, 1.807) is 7.11 Å². The molecule has 47 heavy (non-hydrogen) atoms. The Morgan fingerprint density at radius 3 is 1.83 bits per heavy atom. The highest BCUT2D eigenvalue weighted by atomic mass is 35.5. The molecule has 3 aromatic rings. The molecule has 8 aliphatic carbocycles. The lowest BCUT2D eigenvalue weighted by Gasteiger charge is -2.58. The van der Waals surface area contributed by atoms with E-state index in [2.05, 4.69) is 54.7 Å². The SMILES string of the molecule is COc1ccccc1-c1ccccc1/N=C/c1cc(C23CC4CC(CC(C4)C2)C3)cc(C23CC4CC(CC(C4)C2)C3)c1O/C(Cl)=C/Cl. The maximum atomic E-state index is 6.65. The van der Waals surface area contributed by atoms with E-state index in [1.807, 2.05) is 12.1 Å². The highest BCUT2D eigenvalue weighted by molar-refractivity contribution is 6.35. The van der Waals surface area contributed by atoms with Gasteiger partial charge in [0.25, 0.3) is 0 Å². The second-order valence-electron chi connectivity index (χ2n) is 16.3. The lowest BCUT2D eigenvalue weighted by Crippen LogP contribution is -2.50. The number of hydrogen-bond donors (Lipinski definition) is 0. The van der Waals surface area contributed by atoms with Gasteiger partial charge < -0.3 is 9.47 Å². The zero-order valence-corrected chi connectivity index (χ0v) is 28.9. The summed E-state index contributed by atoms with van der Waals surface area (Å²) in [4.78, 5) is 5.24. The molecule has 0 saturated heterocycles. The summed E-state index contributed by atoms with van der Waals surface area (Å²) in [5, 5.41) is 0.212. The largest absolute Gasteiger partial charge is 0.496 e. The molecule has 0 N–H and O–H groups in total. The Balaban J connectivity index is 1.22. The minimum absolute atomic E-state index is 0.129. The van der Waals surface area contributed by atoms with Gasteiger partial charge in [0.05, 0.1) is 18.3 Å². The first-order valence-electron chi connectivity index (χ1n) is 18.0. The summed E-state index contributed by atoms with van der Waals surface area (Å²) in [5.41, 5.74) is 8.65. The first kappa shape index (κ1) is 30.3. The van der Waals surface area contributed by atoms with Crippen molar-refractivity contribution in [2.45, 2.75) is 87.9 Å². The van der Waals surface area contributed by atoms with Crippen LogP contribution in [0.1, 0.15) is 93.7 Å². The van der Waals surface area contributed by atoms with Gasteiger partial charge in [-0.3, -0.25) is 4.99 Å². The zero-order chi connectivity index (χ0) is 31.8. The number of ether oxygens (including phenoxy) is 2. The van der Waals surface area contributed by atoms with Crippen molar-refractivity contribution in [3.8, 4) is 22.6 Å². The quantitative estimate of drug-likeness (QED) is 0.177. The maximum absolute atomic E-state index is 6.65. The first-order chi connectivity index (χ1) is 22.9. The Morgan fingerprint density at radius 1 is 0.723 bits per heavy atom. The molecule has 244 valence electrons. The smallest absolute Gasteiger partial charge is 0.205 e. The van der Waals surface area contributed by atoms with Gasteiger partial charge in [0.15, 0.2) is 0 Å². The van der Waals surface area contributed by atoms with E-state index in [0.717, 1.165) is 69.4 Å². The van der Waals surface area contributed by atoms with E-state index in [4.69, 9.17) is 37.7 Å². The van der Waals surface area contributed by atoms with E-state index in [0.29, 0.717) is 0 Å². The number of hydrogen-bond acceptors (Lipinski definition) is 3. The summed E-state index contributed by atoms with van der Waals surface area (Å²) < 4.78 is 12.4. The van der Waals surface area contributed by atoms with Gasteiger partial charge in [-0.2, -0.15) is 0 Å². The maximum Gasteiger partial charge on any atom is 0.205 e. The second kappa shape index (κ2) is 11.7. The van der Waals surface area contributed by atoms with Crippen LogP contribution in [0.2, 0.25) is 0 Å². The van der Waals surface area contributed by atoms with E-state index >= 15 is 0 Å². The summed E-state index contributed by atoms with van der Waals surface area (Å²) in [6.45, 7) is 0. The molecule has 8 bridgehead atoms. The van der Waals surface area contributed by atoms with Gasteiger partial charge in [-0.1, -0.05) is 54.1 Å². The third kappa shape index (κ3) is 5.26.